The maximum Gasteiger partial charge on any atom is 0.264 e. The van der Waals surface area contributed by atoms with E-state index in [2.05, 4.69) is 16.8 Å². The molecule has 0 spiro atoms. The Kier molecular flexibility index (Phi) is 4.29. The zero-order valence-corrected chi connectivity index (χ0v) is 10.4. The van der Waals surface area contributed by atoms with Crippen molar-refractivity contribution in [1.29, 1.82) is 0 Å². The third-order valence-corrected chi connectivity index (χ3v) is 2.40. The molecule has 4 heteroatoms. The lowest BCUT2D eigenvalue weighted by Crippen LogP contribution is -2.05. The number of ether oxygens (including phenoxy) is 1. The van der Waals surface area contributed by atoms with Crippen molar-refractivity contribution in [3.63, 3.8) is 0 Å². The maximum atomic E-state index is 10.9. The van der Waals surface area contributed by atoms with Gasteiger partial charge in [-0.05, 0) is 29.8 Å². The van der Waals surface area contributed by atoms with Crippen molar-refractivity contribution >= 4 is 12.2 Å². The van der Waals surface area contributed by atoms with Crippen LogP contribution in [0.1, 0.15) is 11.3 Å². The third-order valence-electron chi connectivity index (χ3n) is 2.40. The summed E-state index contributed by atoms with van der Waals surface area (Å²) in [4.78, 5) is 10.9. The highest BCUT2D eigenvalue weighted by atomic mass is 16.5. The van der Waals surface area contributed by atoms with Gasteiger partial charge < -0.3 is 4.74 Å². The molecule has 0 amide bonds. The van der Waals surface area contributed by atoms with Gasteiger partial charge in [-0.15, -0.1) is 0 Å². The Morgan fingerprint density at radius 3 is 2.58 bits per heavy atom. The second kappa shape index (κ2) is 6.35. The molecule has 19 heavy (non-hydrogen) atoms. The molecule has 0 aliphatic carbocycles. The van der Waals surface area contributed by atoms with Gasteiger partial charge in [-0.2, -0.15) is 5.10 Å². The molecule has 0 saturated heterocycles. The highest BCUT2D eigenvalue weighted by Gasteiger charge is 1.93. The Labute approximate surface area is 111 Å². The predicted molar refractivity (Wildman–Crippen MR) is 75.9 cm³/mol. The molecular weight excluding hydrogens is 240 g/mol. The van der Waals surface area contributed by atoms with Crippen LogP contribution in [0.15, 0.2) is 53.8 Å². The molecule has 96 valence electrons. The number of aromatic amines is 1. The van der Waals surface area contributed by atoms with Crippen LogP contribution >= 0.6 is 0 Å². The Balaban J connectivity index is 2.04. The van der Waals surface area contributed by atoms with Gasteiger partial charge in [-0.1, -0.05) is 30.9 Å². The van der Waals surface area contributed by atoms with Gasteiger partial charge in [0.2, 0.25) is 0 Å². The lowest BCUT2D eigenvalue weighted by Gasteiger charge is -2.02. The number of aromatic nitrogens is 2. The van der Waals surface area contributed by atoms with Gasteiger partial charge in [0.1, 0.15) is 12.4 Å². The van der Waals surface area contributed by atoms with Crippen molar-refractivity contribution in [2.45, 2.75) is 0 Å². The summed E-state index contributed by atoms with van der Waals surface area (Å²) >= 11 is 0. The predicted octanol–water partition coefficient (Wildman–Crippen LogP) is 2.51. The van der Waals surface area contributed by atoms with Crippen LogP contribution in [0.2, 0.25) is 0 Å². The van der Waals surface area contributed by atoms with Gasteiger partial charge >= 0.3 is 0 Å². The average molecular weight is 254 g/mol. The molecule has 0 atom stereocenters. The van der Waals surface area contributed by atoms with Crippen LogP contribution in [0.4, 0.5) is 0 Å². The smallest absolute Gasteiger partial charge is 0.264 e. The first-order valence-electron chi connectivity index (χ1n) is 5.85. The van der Waals surface area contributed by atoms with E-state index in [1.54, 1.807) is 12.1 Å². The molecule has 0 radical (unpaired) electrons. The van der Waals surface area contributed by atoms with Crippen molar-refractivity contribution in [3.05, 3.63) is 70.7 Å². The van der Waals surface area contributed by atoms with Gasteiger partial charge in [-0.3, -0.25) is 4.79 Å². The van der Waals surface area contributed by atoms with E-state index >= 15 is 0 Å². The van der Waals surface area contributed by atoms with Crippen LogP contribution in [0.25, 0.3) is 12.2 Å². The molecule has 0 unspecified atom stereocenters. The van der Waals surface area contributed by atoms with E-state index in [1.807, 2.05) is 36.4 Å². The minimum absolute atomic E-state index is 0.208. The Morgan fingerprint density at radius 1 is 1.16 bits per heavy atom. The molecule has 1 aromatic carbocycles. The molecule has 0 aliphatic heterocycles. The highest BCUT2D eigenvalue weighted by Crippen LogP contribution is 2.13. The van der Waals surface area contributed by atoms with Gasteiger partial charge in [-0.25, -0.2) is 5.10 Å². The van der Waals surface area contributed by atoms with Gasteiger partial charge in [0.25, 0.3) is 5.56 Å². The van der Waals surface area contributed by atoms with Gasteiger partial charge in [0.15, 0.2) is 0 Å². The summed E-state index contributed by atoms with van der Waals surface area (Å²) in [7, 11) is 0. The van der Waals surface area contributed by atoms with E-state index in [-0.39, 0.29) is 5.56 Å². The normalized spacial score (nSPS) is 10.5. The number of H-pyrrole nitrogens is 1. The second-order valence-electron chi connectivity index (χ2n) is 3.85. The van der Waals surface area contributed by atoms with E-state index in [1.165, 1.54) is 6.07 Å². The number of hydrogen-bond donors (Lipinski definition) is 1. The molecule has 1 N–H and O–H groups in total. The minimum atomic E-state index is -0.208. The van der Waals surface area contributed by atoms with E-state index in [9.17, 15) is 4.79 Å². The van der Waals surface area contributed by atoms with Crippen LogP contribution in [0, 0.1) is 0 Å². The van der Waals surface area contributed by atoms with Crippen LogP contribution in [-0.2, 0) is 0 Å². The standard InChI is InChI=1S/C15H14N2O2/c1-2-11-19-14-8-4-12(5-9-14)3-6-13-7-10-15(18)17-16-13/h2-10H,1,11H2,(H,17,18)/b6-3+. The molecule has 0 saturated carbocycles. The van der Waals surface area contributed by atoms with E-state index in [0.29, 0.717) is 12.3 Å². The maximum absolute atomic E-state index is 10.9. The quantitative estimate of drug-likeness (QED) is 0.834. The summed E-state index contributed by atoms with van der Waals surface area (Å²) in [5.74, 6) is 0.805. The lowest BCUT2D eigenvalue weighted by molar-refractivity contribution is 0.363. The van der Waals surface area contributed by atoms with Crippen LogP contribution < -0.4 is 10.3 Å². The van der Waals surface area contributed by atoms with Crippen LogP contribution in [0.5, 0.6) is 5.75 Å². The molecule has 2 rings (SSSR count). The summed E-state index contributed by atoms with van der Waals surface area (Å²) in [6.07, 6.45) is 5.45. The van der Waals surface area contributed by atoms with Crippen molar-refractivity contribution < 1.29 is 4.74 Å². The van der Waals surface area contributed by atoms with Crippen molar-refractivity contribution in [3.8, 4) is 5.75 Å². The summed E-state index contributed by atoms with van der Waals surface area (Å²) in [5.41, 5.74) is 1.52. The molecule has 0 bridgehead atoms. The summed E-state index contributed by atoms with van der Waals surface area (Å²) in [6.45, 7) is 4.09. The average Bonchev–Trinajstić information content (AvgIpc) is 2.46. The van der Waals surface area contributed by atoms with Gasteiger partial charge in [0.05, 0.1) is 5.69 Å². The van der Waals surface area contributed by atoms with E-state index in [4.69, 9.17) is 4.74 Å². The first-order valence-corrected chi connectivity index (χ1v) is 5.85. The Bertz CT molecular complexity index is 607. The monoisotopic (exact) mass is 254 g/mol. The zero-order valence-electron chi connectivity index (χ0n) is 10.4. The van der Waals surface area contributed by atoms with E-state index in [0.717, 1.165) is 11.3 Å². The summed E-state index contributed by atoms with van der Waals surface area (Å²) in [5, 5.41) is 6.27. The van der Waals surface area contributed by atoms with Crippen molar-refractivity contribution in [2.75, 3.05) is 6.61 Å². The van der Waals surface area contributed by atoms with Gasteiger partial charge in [0, 0.05) is 6.07 Å². The number of nitrogens with one attached hydrogen (secondary N) is 1. The number of hydrogen-bond acceptors (Lipinski definition) is 3. The number of nitrogens with zero attached hydrogens (tertiary/aromatic N) is 1. The number of rotatable bonds is 5. The first kappa shape index (κ1) is 12.8. The molecule has 0 aliphatic rings. The first-order chi connectivity index (χ1) is 9.28. The fraction of sp³-hybridized carbons (Fsp3) is 0.0667. The fourth-order valence-corrected chi connectivity index (χ4v) is 1.46. The Morgan fingerprint density at radius 2 is 1.95 bits per heavy atom. The second-order valence-corrected chi connectivity index (χ2v) is 3.85. The molecule has 0 fully saturated rings. The molecule has 2 aromatic rings. The summed E-state index contributed by atoms with van der Waals surface area (Å²) in [6, 6.07) is 10.8. The molecule has 1 heterocycles. The molecule has 1 aromatic heterocycles. The van der Waals surface area contributed by atoms with Crippen molar-refractivity contribution in [1.82, 2.24) is 10.2 Å². The minimum Gasteiger partial charge on any atom is -0.490 e. The Hall–Kier alpha value is -2.62. The van der Waals surface area contributed by atoms with Crippen molar-refractivity contribution in [2.24, 2.45) is 0 Å². The lowest BCUT2D eigenvalue weighted by atomic mass is 10.2. The zero-order chi connectivity index (χ0) is 13.5. The largest absolute Gasteiger partial charge is 0.490 e. The topological polar surface area (TPSA) is 55.0 Å². The molecular formula is C15H14N2O2. The van der Waals surface area contributed by atoms with Crippen LogP contribution in [-0.4, -0.2) is 16.8 Å². The fourth-order valence-electron chi connectivity index (χ4n) is 1.46. The summed E-state index contributed by atoms with van der Waals surface area (Å²) < 4.78 is 5.39. The van der Waals surface area contributed by atoms with E-state index < -0.39 is 0 Å². The van der Waals surface area contributed by atoms with Crippen LogP contribution in [0.3, 0.4) is 0 Å². The third kappa shape index (κ3) is 3.96. The number of benzene rings is 1. The highest BCUT2D eigenvalue weighted by molar-refractivity contribution is 5.67. The molecule has 4 nitrogen and oxygen atoms in total. The SMILES string of the molecule is C=CCOc1ccc(/C=C/c2ccc(=O)[nH]n2)cc1.